The molecular formula is C15H23NO2. The van der Waals surface area contributed by atoms with E-state index in [-0.39, 0.29) is 0 Å². The van der Waals surface area contributed by atoms with Gasteiger partial charge in [0.1, 0.15) is 11.9 Å². The molecule has 1 aromatic rings. The van der Waals surface area contributed by atoms with Crippen molar-refractivity contribution in [1.82, 2.24) is 5.32 Å². The highest BCUT2D eigenvalue weighted by Crippen LogP contribution is 2.22. The lowest BCUT2D eigenvalue weighted by Crippen LogP contribution is -2.25. The van der Waals surface area contributed by atoms with Crippen LogP contribution in [0.2, 0.25) is 0 Å². The molecule has 0 saturated carbocycles. The van der Waals surface area contributed by atoms with Gasteiger partial charge < -0.3 is 14.8 Å². The molecule has 0 aromatic heterocycles. The van der Waals surface area contributed by atoms with Crippen molar-refractivity contribution in [3.05, 3.63) is 29.8 Å². The molecule has 1 heterocycles. The molecule has 1 fully saturated rings. The zero-order valence-corrected chi connectivity index (χ0v) is 11.3. The van der Waals surface area contributed by atoms with Gasteiger partial charge >= 0.3 is 0 Å². The zero-order valence-electron chi connectivity index (χ0n) is 11.3. The van der Waals surface area contributed by atoms with Crippen LogP contribution >= 0.6 is 0 Å². The lowest BCUT2D eigenvalue weighted by Gasteiger charge is -2.23. The highest BCUT2D eigenvalue weighted by atomic mass is 16.5. The van der Waals surface area contributed by atoms with Crippen LogP contribution in [0.4, 0.5) is 0 Å². The minimum Gasteiger partial charge on any atom is -0.490 e. The van der Waals surface area contributed by atoms with E-state index in [1.807, 2.05) is 7.05 Å². The fourth-order valence-electron chi connectivity index (χ4n) is 2.37. The van der Waals surface area contributed by atoms with E-state index in [1.165, 1.54) is 5.56 Å². The number of benzene rings is 1. The fourth-order valence-corrected chi connectivity index (χ4v) is 2.37. The van der Waals surface area contributed by atoms with Gasteiger partial charge in [-0.25, -0.2) is 0 Å². The normalized spacial score (nSPS) is 18.6. The van der Waals surface area contributed by atoms with Gasteiger partial charge in [-0.1, -0.05) is 19.1 Å². The molecule has 1 unspecified atom stereocenters. The summed E-state index contributed by atoms with van der Waals surface area (Å²) in [5.41, 5.74) is 1.32. The SMILES string of the molecule is CCC(NC)c1ccc(OC2CCOCC2)cc1. The molecule has 0 bridgehead atoms. The molecule has 0 aliphatic carbocycles. The van der Waals surface area contributed by atoms with Crippen LogP contribution in [0.5, 0.6) is 5.75 Å². The van der Waals surface area contributed by atoms with Crippen LogP contribution in [0.1, 0.15) is 37.8 Å². The minimum absolute atomic E-state index is 0.316. The van der Waals surface area contributed by atoms with E-state index in [0.717, 1.165) is 38.2 Å². The summed E-state index contributed by atoms with van der Waals surface area (Å²) in [7, 11) is 2.00. The van der Waals surface area contributed by atoms with Crippen LogP contribution in [0.25, 0.3) is 0 Å². The molecule has 1 N–H and O–H groups in total. The third-order valence-electron chi connectivity index (χ3n) is 3.51. The number of nitrogens with one attached hydrogen (secondary N) is 1. The highest BCUT2D eigenvalue weighted by molar-refractivity contribution is 5.29. The molecule has 1 aliphatic heterocycles. The third kappa shape index (κ3) is 3.47. The molecule has 0 radical (unpaired) electrons. The van der Waals surface area contributed by atoms with Crippen molar-refractivity contribution in [2.24, 2.45) is 0 Å². The van der Waals surface area contributed by atoms with Crippen molar-refractivity contribution >= 4 is 0 Å². The van der Waals surface area contributed by atoms with Gasteiger partial charge in [0.25, 0.3) is 0 Å². The summed E-state index contributed by atoms with van der Waals surface area (Å²) in [4.78, 5) is 0. The Bertz CT molecular complexity index is 340. The molecule has 3 heteroatoms. The van der Waals surface area contributed by atoms with Crippen LogP contribution < -0.4 is 10.1 Å². The van der Waals surface area contributed by atoms with Crippen LogP contribution in [0.15, 0.2) is 24.3 Å². The molecule has 3 nitrogen and oxygen atoms in total. The monoisotopic (exact) mass is 249 g/mol. The van der Waals surface area contributed by atoms with E-state index in [0.29, 0.717) is 12.1 Å². The average molecular weight is 249 g/mol. The fraction of sp³-hybridized carbons (Fsp3) is 0.600. The smallest absolute Gasteiger partial charge is 0.119 e. The van der Waals surface area contributed by atoms with Gasteiger partial charge in [0.15, 0.2) is 0 Å². The Hall–Kier alpha value is -1.06. The topological polar surface area (TPSA) is 30.5 Å². The van der Waals surface area contributed by atoms with Crippen LogP contribution in [-0.4, -0.2) is 26.4 Å². The van der Waals surface area contributed by atoms with E-state index in [1.54, 1.807) is 0 Å². The minimum atomic E-state index is 0.316. The summed E-state index contributed by atoms with van der Waals surface area (Å²) >= 11 is 0. The Kier molecular flexibility index (Phi) is 5.02. The number of hydrogen-bond acceptors (Lipinski definition) is 3. The van der Waals surface area contributed by atoms with Crippen molar-refractivity contribution in [1.29, 1.82) is 0 Å². The summed E-state index contributed by atoms with van der Waals surface area (Å²) in [5.74, 6) is 0.969. The lowest BCUT2D eigenvalue weighted by atomic mass is 10.0. The van der Waals surface area contributed by atoms with E-state index >= 15 is 0 Å². The summed E-state index contributed by atoms with van der Waals surface area (Å²) < 4.78 is 11.3. The Morgan fingerprint density at radius 1 is 1.28 bits per heavy atom. The summed E-state index contributed by atoms with van der Waals surface area (Å²) in [6.45, 7) is 3.83. The molecule has 2 rings (SSSR count). The zero-order chi connectivity index (χ0) is 12.8. The highest BCUT2D eigenvalue weighted by Gasteiger charge is 2.15. The van der Waals surface area contributed by atoms with Crippen molar-refractivity contribution in [3.63, 3.8) is 0 Å². The Balaban J connectivity index is 1.94. The van der Waals surface area contributed by atoms with Crippen molar-refractivity contribution in [2.75, 3.05) is 20.3 Å². The van der Waals surface area contributed by atoms with Crippen LogP contribution in [0.3, 0.4) is 0 Å². The largest absolute Gasteiger partial charge is 0.490 e. The standard InChI is InChI=1S/C15H23NO2/c1-3-15(16-2)12-4-6-13(7-5-12)18-14-8-10-17-11-9-14/h4-7,14-16H,3,8-11H2,1-2H3. The van der Waals surface area contributed by atoms with Crippen molar-refractivity contribution < 1.29 is 9.47 Å². The molecule has 18 heavy (non-hydrogen) atoms. The second-order valence-electron chi connectivity index (χ2n) is 4.75. The van der Waals surface area contributed by atoms with Gasteiger partial charge in [0, 0.05) is 18.9 Å². The third-order valence-corrected chi connectivity index (χ3v) is 3.51. The average Bonchev–Trinajstić information content (AvgIpc) is 2.43. The maximum absolute atomic E-state index is 5.96. The van der Waals surface area contributed by atoms with E-state index in [2.05, 4.69) is 36.5 Å². The summed E-state index contributed by atoms with van der Waals surface area (Å²) in [6, 6.07) is 8.89. The van der Waals surface area contributed by atoms with E-state index in [4.69, 9.17) is 9.47 Å². The molecule has 1 aliphatic rings. The van der Waals surface area contributed by atoms with E-state index in [9.17, 15) is 0 Å². The van der Waals surface area contributed by atoms with Gasteiger partial charge in [0.2, 0.25) is 0 Å². The molecular weight excluding hydrogens is 226 g/mol. The first-order valence-corrected chi connectivity index (χ1v) is 6.85. The predicted molar refractivity (Wildman–Crippen MR) is 73.0 cm³/mol. The number of hydrogen-bond donors (Lipinski definition) is 1. The maximum atomic E-state index is 5.96. The van der Waals surface area contributed by atoms with Gasteiger partial charge in [-0.05, 0) is 31.2 Å². The Labute approximate surface area is 109 Å². The number of ether oxygens (including phenoxy) is 2. The predicted octanol–water partition coefficient (Wildman–Crippen LogP) is 2.91. The first-order valence-electron chi connectivity index (χ1n) is 6.85. The quantitative estimate of drug-likeness (QED) is 0.870. The Morgan fingerprint density at radius 3 is 2.50 bits per heavy atom. The van der Waals surface area contributed by atoms with Gasteiger partial charge in [0.05, 0.1) is 13.2 Å². The Morgan fingerprint density at radius 2 is 1.94 bits per heavy atom. The summed E-state index contributed by atoms with van der Waals surface area (Å²) in [6.07, 6.45) is 3.40. The molecule has 0 amide bonds. The van der Waals surface area contributed by atoms with E-state index < -0.39 is 0 Å². The lowest BCUT2D eigenvalue weighted by molar-refractivity contribution is 0.0255. The molecule has 0 spiro atoms. The van der Waals surface area contributed by atoms with Crippen molar-refractivity contribution in [3.8, 4) is 5.75 Å². The van der Waals surface area contributed by atoms with Crippen molar-refractivity contribution in [2.45, 2.75) is 38.3 Å². The number of rotatable bonds is 5. The molecule has 1 aromatic carbocycles. The van der Waals surface area contributed by atoms with Gasteiger partial charge in [-0.15, -0.1) is 0 Å². The van der Waals surface area contributed by atoms with Crippen LogP contribution in [-0.2, 0) is 4.74 Å². The maximum Gasteiger partial charge on any atom is 0.119 e. The second-order valence-corrected chi connectivity index (χ2v) is 4.75. The first-order chi connectivity index (χ1) is 8.83. The molecule has 1 atom stereocenters. The second kappa shape index (κ2) is 6.76. The first kappa shape index (κ1) is 13.4. The van der Waals surface area contributed by atoms with Crippen LogP contribution in [0, 0.1) is 0 Å². The summed E-state index contributed by atoms with van der Waals surface area (Å²) in [5, 5.41) is 3.31. The van der Waals surface area contributed by atoms with Gasteiger partial charge in [-0.2, -0.15) is 0 Å². The molecule has 1 saturated heterocycles. The van der Waals surface area contributed by atoms with Gasteiger partial charge in [-0.3, -0.25) is 0 Å². The molecule has 100 valence electrons.